The summed E-state index contributed by atoms with van der Waals surface area (Å²) >= 11 is 0. The number of hydrogen-bond donors (Lipinski definition) is 1. The van der Waals surface area contributed by atoms with Gasteiger partial charge < -0.3 is 10.1 Å². The fourth-order valence-corrected chi connectivity index (χ4v) is 1.96. The van der Waals surface area contributed by atoms with Crippen molar-refractivity contribution in [2.24, 2.45) is 0 Å². The van der Waals surface area contributed by atoms with Gasteiger partial charge in [0.15, 0.2) is 0 Å². The van der Waals surface area contributed by atoms with Crippen LogP contribution in [0.25, 0.3) is 0 Å². The Hall–Kier alpha value is -2.15. The Bertz CT molecular complexity index is 616. The van der Waals surface area contributed by atoms with Crippen LogP contribution in [-0.2, 0) is 0 Å². The van der Waals surface area contributed by atoms with Crippen LogP contribution in [-0.4, -0.2) is 18.4 Å². The molecule has 2 aromatic rings. The van der Waals surface area contributed by atoms with Gasteiger partial charge in [0.05, 0.1) is 11.7 Å². The van der Waals surface area contributed by atoms with Gasteiger partial charge in [-0.05, 0) is 36.9 Å². The summed E-state index contributed by atoms with van der Waals surface area (Å²) in [6, 6.07) is 7.35. The fourth-order valence-electron chi connectivity index (χ4n) is 1.96. The largest absolute Gasteiger partial charge is 0.573 e. The Morgan fingerprint density at radius 2 is 1.95 bits per heavy atom. The normalized spacial score (nSPS) is 13.0. The lowest BCUT2D eigenvalue weighted by molar-refractivity contribution is -0.274. The van der Waals surface area contributed by atoms with E-state index in [1.807, 2.05) is 0 Å². The Balaban J connectivity index is 2.35. The van der Waals surface area contributed by atoms with Gasteiger partial charge in [-0.1, -0.05) is 12.1 Å². The molecule has 1 unspecified atom stereocenters. The molecule has 0 radical (unpaired) electrons. The standard InChI is InChI=1S/C14H12F4N2O/c1-19-12(13-11(15)6-3-7-20-13)9-4-2-5-10(8-9)21-14(16,17)18/h2-8,12,19H,1H3. The maximum absolute atomic E-state index is 13.8. The zero-order valence-electron chi connectivity index (χ0n) is 11.0. The van der Waals surface area contributed by atoms with Gasteiger partial charge >= 0.3 is 6.36 Å². The van der Waals surface area contributed by atoms with E-state index < -0.39 is 18.2 Å². The molecule has 0 spiro atoms. The predicted molar refractivity (Wildman–Crippen MR) is 68.2 cm³/mol. The van der Waals surface area contributed by atoms with E-state index in [0.29, 0.717) is 5.56 Å². The summed E-state index contributed by atoms with van der Waals surface area (Å²) in [6.07, 6.45) is -3.36. The van der Waals surface area contributed by atoms with Crippen molar-refractivity contribution in [3.63, 3.8) is 0 Å². The lowest BCUT2D eigenvalue weighted by Gasteiger charge is -2.18. The minimum Gasteiger partial charge on any atom is -0.406 e. The first kappa shape index (κ1) is 15.2. The number of aromatic nitrogens is 1. The number of benzene rings is 1. The topological polar surface area (TPSA) is 34.1 Å². The third-order valence-corrected chi connectivity index (χ3v) is 2.77. The summed E-state index contributed by atoms with van der Waals surface area (Å²) in [6.45, 7) is 0. The third-order valence-electron chi connectivity index (χ3n) is 2.77. The van der Waals surface area contributed by atoms with Gasteiger partial charge in [-0.25, -0.2) is 4.39 Å². The van der Waals surface area contributed by atoms with Crippen LogP contribution in [0, 0.1) is 5.82 Å². The zero-order valence-corrected chi connectivity index (χ0v) is 11.0. The van der Waals surface area contributed by atoms with Crippen LogP contribution in [0.2, 0.25) is 0 Å². The SMILES string of the molecule is CNC(c1cccc(OC(F)(F)F)c1)c1ncccc1F. The van der Waals surface area contributed by atoms with E-state index in [1.165, 1.54) is 36.5 Å². The van der Waals surface area contributed by atoms with Crippen LogP contribution < -0.4 is 10.1 Å². The predicted octanol–water partition coefficient (Wildman–Crippen LogP) is 3.43. The molecule has 0 saturated carbocycles. The van der Waals surface area contributed by atoms with Gasteiger partial charge in [0.25, 0.3) is 0 Å². The second kappa shape index (κ2) is 6.09. The third kappa shape index (κ3) is 3.91. The molecule has 0 aliphatic rings. The minimum absolute atomic E-state index is 0.101. The molecule has 2 rings (SSSR count). The van der Waals surface area contributed by atoms with Gasteiger partial charge in [0, 0.05) is 6.20 Å². The van der Waals surface area contributed by atoms with E-state index in [-0.39, 0.29) is 11.4 Å². The average molecular weight is 300 g/mol. The highest BCUT2D eigenvalue weighted by molar-refractivity contribution is 5.35. The van der Waals surface area contributed by atoms with E-state index >= 15 is 0 Å². The van der Waals surface area contributed by atoms with Crippen LogP contribution in [0.15, 0.2) is 42.6 Å². The summed E-state index contributed by atoms with van der Waals surface area (Å²) in [4.78, 5) is 3.93. The number of nitrogens with one attached hydrogen (secondary N) is 1. The van der Waals surface area contributed by atoms with Crippen molar-refractivity contribution in [1.82, 2.24) is 10.3 Å². The molecule has 0 fully saturated rings. The van der Waals surface area contributed by atoms with E-state index in [4.69, 9.17) is 0 Å². The molecule has 7 heteroatoms. The highest BCUT2D eigenvalue weighted by Crippen LogP contribution is 2.28. The van der Waals surface area contributed by atoms with Gasteiger partial charge in [-0.2, -0.15) is 0 Å². The Kier molecular flexibility index (Phi) is 4.42. The summed E-state index contributed by atoms with van der Waals surface area (Å²) in [5, 5.41) is 2.83. The van der Waals surface area contributed by atoms with Crippen LogP contribution in [0.3, 0.4) is 0 Å². The van der Waals surface area contributed by atoms with Gasteiger partial charge in [0.1, 0.15) is 11.6 Å². The molecule has 1 aromatic carbocycles. The van der Waals surface area contributed by atoms with Gasteiger partial charge in [0.2, 0.25) is 0 Å². The number of rotatable bonds is 4. The van der Waals surface area contributed by atoms with Crippen molar-refractivity contribution in [2.45, 2.75) is 12.4 Å². The second-order valence-electron chi connectivity index (χ2n) is 4.21. The first-order valence-corrected chi connectivity index (χ1v) is 6.04. The van der Waals surface area contributed by atoms with Crippen molar-refractivity contribution in [3.05, 3.63) is 59.7 Å². The van der Waals surface area contributed by atoms with Crippen molar-refractivity contribution >= 4 is 0 Å². The fraction of sp³-hybridized carbons (Fsp3) is 0.214. The highest BCUT2D eigenvalue weighted by atomic mass is 19.4. The molecular weight excluding hydrogens is 288 g/mol. The maximum Gasteiger partial charge on any atom is 0.573 e. The average Bonchev–Trinajstić information content (AvgIpc) is 2.40. The van der Waals surface area contributed by atoms with E-state index in [2.05, 4.69) is 15.0 Å². The summed E-state index contributed by atoms with van der Waals surface area (Å²) in [5.74, 6) is -0.907. The number of hydrogen-bond acceptors (Lipinski definition) is 3. The zero-order chi connectivity index (χ0) is 15.5. The lowest BCUT2D eigenvalue weighted by Crippen LogP contribution is -2.21. The monoisotopic (exact) mass is 300 g/mol. The smallest absolute Gasteiger partial charge is 0.406 e. The van der Waals surface area contributed by atoms with Crippen LogP contribution in [0.5, 0.6) is 5.75 Å². The Labute approximate surface area is 118 Å². The molecule has 1 N–H and O–H groups in total. The van der Waals surface area contributed by atoms with Gasteiger partial charge in [-0.3, -0.25) is 4.98 Å². The summed E-state index contributed by atoms with van der Waals surface area (Å²) in [7, 11) is 1.57. The minimum atomic E-state index is -4.77. The molecule has 1 heterocycles. The second-order valence-corrected chi connectivity index (χ2v) is 4.21. The molecule has 0 bridgehead atoms. The molecule has 112 valence electrons. The number of ether oxygens (including phenoxy) is 1. The molecule has 3 nitrogen and oxygen atoms in total. The van der Waals surface area contributed by atoms with Crippen molar-refractivity contribution in [3.8, 4) is 5.75 Å². The molecule has 0 amide bonds. The molecule has 0 saturated heterocycles. The van der Waals surface area contributed by atoms with Crippen molar-refractivity contribution < 1.29 is 22.3 Å². The summed E-state index contributed by atoms with van der Waals surface area (Å²) < 4.78 is 54.3. The molecular formula is C14H12F4N2O. The maximum atomic E-state index is 13.8. The molecule has 0 aliphatic heterocycles. The van der Waals surface area contributed by atoms with E-state index in [0.717, 1.165) is 0 Å². The first-order valence-electron chi connectivity index (χ1n) is 6.04. The Morgan fingerprint density at radius 3 is 2.57 bits per heavy atom. The van der Waals surface area contributed by atoms with Gasteiger partial charge in [-0.15, -0.1) is 13.2 Å². The summed E-state index contributed by atoms with van der Waals surface area (Å²) in [5.41, 5.74) is 0.515. The highest BCUT2D eigenvalue weighted by Gasteiger charge is 2.31. The van der Waals surface area contributed by atoms with Crippen molar-refractivity contribution in [2.75, 3.05) is 7.05 Å². The van der Waals surface area contributed by atoms with Crippen molar-refractivity contribution in [1.29, 1.82) is 0 Å². The number of halogens is 4. The number of alkyl halides is 3. The molecule has 1 aromatic heterocycles. The lowest BCUT2D eigenvalue weighted by atomic mass is 10.0. The van der Waals surface area contributed by atoms with E-state index in [1.54, 1.807) is 13.1 Å². The first-order chi connectivity index (χ1) is 9.90. The van der Waals surface area contributed by atoms with Crippen LogP contribution in [0.1, 0.15) is 17.3 Å². The Morgan fingerprint density at radius 1 is 1.19 bits per heavy atom. The molecule has 0 aliphatic carbocycles. The number of pyridine rings is 1. The quantitative estimate of drug-likeness (QED) is 0.878. The molecule has 21 heavy (non-hydrogen) atoms. The van der Waals surface area contributed by atoms with Crippen LogP contribution in [0.4, 0.5) is 17.6 Å². The number of nitrogens with zero attached hydrogens (tertiary/aromatic N) is 1. The van der Waals surface area contributed by atoms with E-state index in [9.17, 15) is 17.6 Å². The molecule has 1 atom stereocenters. The van der Waals surface area contributed by atoms with Crippen LogP contribution >= 0.6 is 0 Å².